The average Bonchev–Trinajstić information content (AvgIpc) is 2.83. The normalized spacial score (nSPS) is 30.8. The first-order valence-electron chi connectivity index (χ1n) is 13.4. The summed E-state index contributed by atoms with van der Waals surface area (Å²) in [5, 5.41) is 25.5. The van der Waals surface area contributed by atoms with Crippen molar-refractivity contribution in [1.82, 2.24) is 10.2 Å². The van der Waals surface area contributed by atoms with E-state index < -0.39 is 87.8 Å². The highest BCUT2D eigenvalue weighted by Crippen LogP contribution is 2.52. The van der Waals surface area contributed by atoms with Crippen LogP contribution < -0.4 is 21.7 Å². The number of phenols is 1. The standard InChI is InChI=1S/C28H37N5O9/c1-27(2,3)42-26(40)31-18-11-8-10-13(32(4)5)9-12(29)20(34)14(10)21(35)15(11)23(37)28(41)17(18)19(33(6)7)22(36)16(24(28)38)25(30)39/h9,11,15-19,34,41H,8,29H2,1-7H3,(H2,30,39)(H,31,40)/t11-,15?,16?,17+,18+,19+,28+/m1/s1. The van der Waals surface area contributed by atoms with Gasteiger partial charge in [-0.2, -0.15) is 0 Å². The zero-order chi connectivity index (χ0) is 31.8. The summed E-state index contributed by atoms with van der Waals surface area (Å²) >= 11 is 0. The van der Waals surface area contributed by atoms with Gasteiger partial charge < -0.3 is 36.6 Å². The Bertz CT molecular complexity index is 1420. The van der Waals surface area contributed by atoms with E-state index in [0.29, 0.717) is 11.3 Å². The molecule has 4 rings (SSSR count). The van der Waals surface area contributed by atoms with Crippen LogP contribution in [0.1, 0.15) is 36.7 Å². The van der Waals surface area contributed by atoms with Gasteiger partial charge in [-0.05, 0) is 52.9 Å². The van der Waals surface area contributed by atoms with Gasteiger partial charge >= 0.3 is 6.09 Å². The molecular formula is C28H37N5O9. The molecule has 0 bridgehead atoms. The molecule has 2 saturated carbocycles. The molecular weight excluding hydrogens is 550 g/mol. The van der Waals surface area contributed by atoms with Crippen LogP contribution in [0.2, 0.25) is 0 Å². The van der Waals surface area contributed by atoms with Gasteiger partial charge in [0.1, 0.15) is 11.4 Å². The zero-order valence-corrected chi connectivity index (χ0v) is 24.5. The molecule has 3 aliphatic carbocycles. The predicted octanol–water partition coefficient (Wildman–Crippen LogP) is -0.982. The van der Waals surface area contributed by atoms with Gasteiger partial charge in [0.2, 0.25) is 5.91 Å². The Kier molecular flexibility index (Phi) is 7.40. The number of Topliss-reactive ketones (excluding diaryl/α,β-unsaturated/α-hetero) is 4. The quantitative estimate of drug-likeness (QED) is 0.163. The molecule has 1 aromatic rings. The number of amides is 2. The fourth-order valence-electron chi connectivity index (χ4n) is 6.76. The van der Waals surface area contributed by atoms with Gasteiger partial charge in [-0.1, -0.05) is 0 Å². The van der Waals surface area contributed by atoms with Gasteiger partial charge in [0.25, 0.3) is 0 Å². The summed E-state index contributed by atoms with van der Waals surface area (Å²) in [6, 6.07) is -1.35. The Balaban J connectivity index is 2.02. The molecule has 14 heteroatoms. The number of alkyl carbamates (subject to hydrolysis) is 1. The van der Waals surface area contributed by atoms with Gasteiger partial charge in [-0.3, -0.25) is 28.9 Å². The summed E-state index contributed by atoms with van der Waals surface area (Å²) in [6.07, 6.45) is -1.07. The highest BCUT2D eigenvalue weighted by atomic mass is 16.6. The SMILES string of the molecule is CN(C)c1cc(N)c(O)c2c1C[C@@H]1C(C2=O)C(=O)[C@]2(O)C(=O)C(C(N)=O)C(=O)[C@@H](N(C)C)[C@@H]2[C@H]1NC(=O)OC(C)(C)C. The molecule has 14 nitrogen and oxygen atoms in total. The third kappa shape index (κ3) is 4.49. The third-order valence-electron chi connectivity index (χ3n) is 8.36. The summed E-state index contributed by atoms with van der Waals surface area (Å²) in [6.45, 7) is 4.84. The van der Waals surface area contributed by atoms with E-state index in [4.69, 9.17) is 16.2 Å². The number of anilines is 2. The van der Waals surface area contributed by atoms with Crippen LogP contribution in [-0.2, 0) is 30.3 Å². The molecule has 7 N–H and O–H groups in total. The van der Waals surface area contributed by atoms with E-state index in [2.05, 4.69) is 5.32 Å². The van der Waals surface area contributed by atoms with E-state index in [0.717, 1.165) is 0 Å². The summed E-state index contributed by atoms with van der Waals surface area (Å²) in [4.78, 5) is 84.1. The fourth-order valence-corrected chi connectivity index (χ4v) is 6.76. The number of nitrogen functional groups attached to an aromatic ring is 1. The molecule has 0 spiro atoms. The maximum Gasteiger partial charge on any atom is 0.407 e. The van der Waals surface area contributed by atoms with E-state index >= 15 is 0 Å². The van der Waals surface area contributed by atoms with Crippen molar-refractivity contribution in [1.29, 1.82) is 0 Å². The van der Waals surface area contributed by atoms with E-state index in [1.165, 1.54) is 25.1 Å². The number of ketones is 4. The molecule has 42 heavy (non-hydrogen) atoms. The lowest BCUT2D eigenvalue weighted by Gasteiger charge is -2.56. The molecule has 1 aromatic carbocycles. The number of carbonyl (C=O) groups is 6. The lowest BCUT2D eigenvalue weighted by atomic mass is 9.50. The summed E-state index contributed by atoms with van der Waals surface area (Å²) in [7, 11) is 6.28. The number of likely N-dealkylation sites (N-methyl/N-ethyl adjacent to an activating group) is 1. The van der Waals surface area contributed by atoms with Crippen molar-refractivity contribution in [2.45, 2.75) is 50.5 Å². The van der Waals surface area contributed by atoms with Crippen molar-refractivity contribution < 1.29 is 43.7 Å². The van der Waals surface area contributed by atoms with Crippen molar-refractivity contribution >= 4 is 46.5 Å². The van der Waals surface area contributed by atoms with Crippen LogP contribution in [0.3, 0.4) is 0 Å². The fraction of sp³-hybridized carbons (Fsp3) is 0.571. The molecule has 2 amide bonds. The predicted molar refractivity (Wildman–Crippen MR) is 149 cm³/mol. The van der Waals surface area contributed by atoms with Gasteiger partial charge in [-0.15, -0.1) is 0 Å². The minimum Gasteiger partial charge on any atom is -0.505 e. The molecule has 0 aliphatic heterocycles. The van der Waals surface area contributed by atoms with E-state index in [1.54, 1.807) is 39.8 Å². The molecule has 2 unspecified atom stereocenters. The number of fused-ring (bicyclic) bond motifs is 3. The van der Waals surface area contributed by atoms with Crippen LogP contribution in [0.25, 0.3) is 0 Å². The van der Waals surface area contributed by atoms with Crippen LogP contribution in [-0.4, -0.2) is 102 Å². The largest absolute Gasteiger partial charge is 0.505 e. The third-order valence-corrected chi connectivity index (χ3v) is 8.36. The number of ether oxygens (including phenoxy) is 1. The minimum absolute atomic E-state index is 0.0896. The first kappa shape index (κ1) is 30.9. The number of rotatable bonds is 4. The van der Waals surface area contributed by atoms with Crippen LogP contribution in [0, 0.1) is 23.7 Å². The van der Waals surface area contributed by atoms with Gasteiger partial charge in [0, 0.05) is 37.7 Å². The average molecular weight is 588 g/mol. The molecule has 0 aromatic heterocycles. The molecule has 0 saturated heterocycles. The monoisotopic (exact) mass is 587 g/mol. The zero-order valence-electron chi connectivity index (χ0n) is 24.5. The van der Waals surface area contributed by atoms with E-state index in [1.807, 2.05) is 0 Å². The van der Waals surface area contributed by atoms with Crippen LogP contribution in [0.4, 0.5) is 16.2 Å². The molecule has 7 atom stereocenters. The highest BCUT2D eigenvalue weighted by Gasteiger charge is 2.72. The van der Waals surface area contributed by atoms with Gasteiger partial charge in [0.05, 0.1) is 23.2 Å². The number of aromatic hydroxyl groups is 1. The number of hydrogen-bond donors (Lipinski definition) is 5. The van der Waals surface area contributed by atoms with Crippen LogP contribution in [0.5, 0.6) is 5.75 Å². The first-order valence-corrected chi connectivity index (χ1v) is 13.4. The number of aliphatic hydroxyl groups is 1. The topological polar surface area (TPSA) is 223 Å². The molecule has 2 fully saturated rings. The second-order valence-electron chi connectivity index (χ2n) is 12.6. The van der Waals surface area contributed by atoms with Gasteiger partial charge in [0.15, 0.2) is 34.7 Å². The smallest absolute Gasteiger partial charge is 0.407 e. The highest BCUT2D eigenvalue weighted by molar-refractivity contribution is 6.32. The number of carbonyl (C=O) groups excluding carboxylic acids is 6. The molecule has 228 valence electrons. The van der Waals surface area contributed by atoms with Crippen molar-refractivity contribution in [2.75, 3.05) is 38.8 Å². The summed E-state index contributed by atoms with van der Waals surface area (Å²) in [5.74, 6) is -13.2. The number of nitrogens with one attached hydrogen (secondary N) is 1. The van der Waals surface area contributed by atoms with Crippen molar-refractivity contribution in [3.8, 4) is 5.75 Å². The van der Waals surface area contributed by atoms with Gasteiger partial charge in [-0.25, -0.2) is 4.79 Å². The number of nitrogens with zero attached hydrogens (tertiary/aromatic N) is 2. The Morgan fingerprint density at radius 2 is 1.69 bits per heavy atom. The van der Waals surface area contributed by atoms with E-state index in [9.17, 15) is 39.0 Å². The van der Waals surface area contributed by atoms with Crippen molar-refractivity contribution in [2.24, 2.45) is 29.4 Å². The van der Waals surface area contributed by atoms with Crippen LogP contribution >= 0.6 is 0 Å². The molecule has 0 heterocycles. The maximum absolute atomic E-state index is 14.2. The first-order chi connectivity index (χ1) is 19.2. The Labute approximate surface area is 242 Å². The number of primary amides is 1. The molecule has 3 aliphatic rings. The minimum atomic E-state index is -3.07. The van der Waals surface area contributed by atoms with E-state index in [-0.39, 0.29) is 17.7 Å². The second kappa shape index (κ2) is 10.1. The lowest BCUT2D eigenvalue weighted by Crippen LogP contribution is -2.79. The lowest BCUT2D eigenvalue weighted by molar-refractivity contribution is -0.184. The second-order valence-corrected chi connectivity index (χ2v) is 12.6. The Hall–Kier alpha value is -4.04. The number of benzene rings is 1. The Morgan fingerprint density at radius 1 is 1.10 bits per heavy atom. The number of hydrogen-bond acceptors (Lipinski definition) is 12. The maximum atomic E-state index is 14.2. The Morgan fingerprint density at radius 3 is 2.19 bits per heavy atom. The number of nitrogens with two attached hydrogens (primary N) is 2. The summed E-state index contributed by atoms with van der Waals surface area (Å²) in [5.41, 5.74) is 7.75. The summed E-state index contributed by atoms with van der Waals surface area (Å²) < 4.78 is 5.44. The van der Waals surface area contributed by atoms with Crippen LogP contribution in [0.15, 0.2) is 6.07 Å². The molecule has 0 radical (unpaired) electrons. The number of phenolic OH excluding ortho intramolecular Hbond substituents is 1. The van der Waals surface area contributed by atoms with Crippen molar-refractivity contribution in [3.63, 3.8) is 0 Å². The van der Waals surface area contributed by atoms with Crippen molar-refractivity contribution in [3.05, 3.63) is 17.2 Å².